The van der Waals surface area contributed by atoms with E-state index in [1.54, 1.807) is 0 Å². The van der Waals surface area contributed by atoms with Gasteiger partial charge in [0.25, 0.3) is 5.91 Å². The van der Waals surface area contributed by atoms with Gasteiger partial charge in [-0.1, -0.05) is 91.0 Å². The van der Waals surface area contributed by atoms with Gasteiger partial charge in [-0.15, -0.1) is 0 Å². The largest absolute Gasteiger partial charge is 0.354 e. The molecule has 142 valence electrons. The monoisotopic (exact) mass is 371 g/mol. The van der Waals surface area contributed by atoms with Gasteiger partial charge < -0.3 is 9.64 Å². The molecule has 4 rings (SSSR count). The van der Waals surface area contributed by atoms with Crippen molar-refractivity contribution in [2.75, 3.05) is 0 Å². The quantitative estimate of drug-likeness (QED) is 0.538. The number of hydrogen-bond donors (Lipinski definition) is 0. The molecule has 1 amide bonds. The average Bonchev–Trinajstić information content (AvgIpc) is 3.56. The van der Waals surface area contributed by atoms with Gasteiger partial charge in [0.15, 0.2) is 6.10 Å². The van der Waals surface area contributed by atoms with Crippen LogP contribution in [-0.2, 0) is 9.53 Å². The molecule has 1 fully saturated rings. The fourth-order valence-corrected chi connectivity index (χ4v) is 3.84. The predicted octanol–water partition coefficient (Wildman–Crippen LogP) is 5.48. The van der Waals surface area contributed by atoms with Crippen molar-refractivity contribution in [3.8, 4) is 0 Å². The first-order valence-corrected chi connectivity index (χ1v) is 9.79. The smallest absolute Gasteiger partial charge is 0.255 e. The molecule has 28 heavy (non-hydrogen) atoms. The summed E-state index contributed by atoms with van der Waals surface area (Å²) in [5, 5.41) is 0. The molecule has 3 aromatic rings. The fourth-order valence-electron chi connectivity index (χ4n) is 3.84. The summed E-state index contributed by atoms with van der Waals surface area (Å²) in [6.07, 6.45) is -0.568. The number of carbonyl (C=O) groups excluding carboxylic acids is 1. The summed E-state index contributed by atoms with van der Waals surface area (Å²) in [6, 6.07) is 30.2. The molecular weight excluding hydrogens is 346 g/mol. The van der Waals surface area contributed by atoms with Crippen LogP contribution in [0.25, 0.3) is 0 Å². The number of carbonyl (C=O) groups is 1. The summed E-state index contributed by atoms with van der Waals surface area (Å²) >= 11 is 0. The van der Waals surface area contributed by atoms with Crippen molar-refractivity contribution < 1.29 is 9.53 Å². The minimum Gasteiger partial charge on any atom is -0.354 e. The van der Waals surface area contributed by atoms with E-state index in [4.69, 9.17) is 4.74 Å². The van der Waals surface area contributed by atoms with E-state index in [1.807, 2.05) is 71.6 Å². The molecule has 1 saturated heterocycles. The number of benzene rings is 3. The van der Waals surface area contributed by atoms with Crippen molar-refractivity contribution in [2.24, 2.45) is 0 Å². The zero-order valence-electron chi connectivity index (χ0n) is 16.2. The van der Waals surface area contributed by atoms with E-state index in [0.29, 0.717) is 0 Å². The predicted molar refractivity (Wildman–Crippen MR) is 111 cm³/mol. The molecule has 1 aliphatic rings. The first kappa shape index (κ1) is 18.5. The van der Waals surface area contributed by atoms with Crippen molar-refractivity contribution in [1.82, 2.24) is 4.90 Å². The SMILES string of the molecule is C[C@@H](c1ccccc1)N(C(=O)[C@H]1O[C@@H]1c1ccccc1)[C@@H](C)c1ccccc1. The summed E-state index contributed by atoms with van der Waals surface area (Å²) in [6.45, 7) is 4.18. The molecule has 1 aliphatic heterocycles. The maximum Gasteiger partial charge on any atom is 0.255 e. The minimum absolute atomic E-state index is 0.0431. The van der Waals surface area contributed by atoms with Gasteiger partial charge >= 0.3 is 0 Å². The van der Waals surface area contributed by atoms with Crippen LogP contribution in [0.2, 0.25) is 0 Å². The lowest BCUT2D eigenvalue weighted by Gasteiger charge is -2.35. The second-order valence-electron chi connectivity index (χ2n) is 7.31. The average molecular weight is 371 g/mol. The molecule has 0 aromatic heterocycles. The molecule has 3 aromatic carbocycles. The zero-order chi connectivity index (χ0) is 19.5. The van der Waals surface area contributed by atoms with Crippen LogP contribution in [0.15, 0.2) is 91.0 Å². The fraction of sp³-hybridized carbons (Fsp3) is 0.240. The van der Waals surface area contributed by atoms with E-state index < -0.39 is 6.10 Å². The first-order chi connectivity index (χ1) is 13.7. The van der Waals surface area contributed by atoms with E-state index in [-0.39, 0.29) is 24.1 Å². The van der Waals surface area contributed by atoms with E-state index in [2.05, 4.69) is 38.1 Å². The number of amides is 1. The van der Waals surface area contributed by atoms with Crippen molar-refractivity contribution in [3.63, 3.8) is 0 Å². The van der Waals surface area contributed by atoms with Crippen molar-refractivity contribution in [3.05, 3.63) is 108 Å². The Kier molecular flexibility index (Phi) is 5.27. The van der Waals surface area contributed by atoms with Crippen LogP contribution < -0.4 is 0 Å². The van der Waals surface area contributed by atoms with Gasteiger partial charge in [-0.2, -0.15) is 0 Å². The Morgan fingerprint density at radius 1 is 0.750 bits per heavy atom. The van der Waals surface area contributed by atoms with E-state index >= 15 is 0 Å². The molecule has 0 aliphatic carbocycles. The van der Waals surface area contributed by atoms with Gasteiger partial charge in [0, 0.05) is 0 Å². The highest BCUT2D eigenvalue weighted by molar-refractivity contribution is 5.85. The molecule has 0 spiro atoms. The maximum absolute atomic E-state index is 13.5. The highest BCUT2D eigenvalue weighted by atomic mass is 16.6. The number of nitrogens with zero attached hydrogens (tertiary/aromatic N) is 1. The molecule has 3 nitrogen and oxygen atoms in total. The van der Waals surface area contributed by atoms with Crippen LogP contribution >= 0.6 is 0 Å². The summed E-state index contributed by atoms with van der Waals surface area (Å²) in [5.74, 6) is 0.0431. The van der Waals surface area contributed by atoms with Crippen molar-refractivity contribution in [2.45, 2.75) is 38.1 Å². The lowest BCUT2D eigenvalue weighted by atomic mass is 9.99. The minimum atomic E-state index is -0.417. The second kappa shape index (κ2) is 7.99. The number of rotatable bonds is 6. The topological polar surface area (TPSA) is 32.8 Å². The summed E-state index contributed by atoms with van der Waals surface area (Å²) in [5.41, 5.74) is 3.30. The van der Waals surface area contributed by atoms with Gasteiger partial charge in [0.1, 0.15) is 6.10 Å². The molecule has 0 radical (unpaired) electrons. The van der Waals surface area contributed by atoms with Crippen LogP contribution in [-0.4, -0.2) is 16.9 Å². The van der Waals surface area contributed by atoms with Gasteiger partial charge in [0.2, 0.25) is 0 Å². The van der Waals surface area contributed by atoms with Crippen LogP contribution in [0.1, 0.15) is 48.7 Å². The van der Waals surface area contributed by atoms with Crippen molar-refractivity contribution >= 4 is 5.91 Å². The molecule has 0 N–H and O–H groups in total. The Bertz CT molecular complexity index is 866. The molecule has 1 heterocycles. The highest BCUT2D eigenvalue weighted by Crippen LogP contribution is 2.42. The normalized spacial score (nSPS) is 20.2. The van der Waals surface area contributed by atoms with E-state index in [0.717, 1.165) is 16.7 Å². The molecular formula is C25H25NO2. The lowest BCUT2D eigenvalue weighted by Crippen LogP contribution is -2.38. The third-order valence-electron chi connectivity index (χ3n) is 5.52. The summed E-state index contributed by atoms with van der Waals surface area (Å²) in [4.78, 5) is 15.5. The van der Waals surface area contributed by atoms with E-state index in [1.165, 1.54) is 0 Å². The zero-order valence-corrected chi connectivity index (χ0v) is 16.2. The molecule has 0 bridgehead atoms. The van der Waals surface area contributed by atoms with Gasteiger partial charge in [-0.05, 0) is 30.5 Å². The number of epoxide rings is 1. The summed E-state index contributed by atoms with van der Waals surface area (Å²) in [7, 11) is 0. The number of hydrogen-bond acceptors (Lipinski definition) is 2. The number of ether oxygens (including phenoxy) is 1. The third kappa shape index (κ3) is 3.71. The maximum atomic E-state index is 13.5. The molecule has 4 atom stereocenters. The molecule has 0 saturated carbocycles. The Labute approximate surface area is 166 Å². The third-order valence-corrected chi connectivity index (χ3v) is 5.52. The Morgan fingerprint density at radius 2 is 1.18 bits per heavy atom. The van der Waals surface area contributed by atoms with Gasteiger partial charge in [-0.3, -0.25) is 4.79 Å². The first-order valence-electron chi connectivity index (χ1n) is 9.79. The Hall–Kier alpha value is -2.91. The molecule has 3 heteroatoms. The van der Waals surface area contributed by atoms with Crippen molar-refractivity contribution in [1.29, 1.82) is 0 Å². The Morgan fingerprint density at radius 3 is 1.64 bits per heavy atom. The second-order valence-corrected chi connectivity index (χ2v) is 7.31. The molecule has 0 unspecified atom stereocenters. The van der Waals surface area contributed by atoms with Crippen LogP contribution in [0.5, 0.6) is 0 Å². The van der Waals surface area contributed by atoms with Crippen LogP contribution in [0.3, 0.4) is 0 Å². The summed E-state index contributed by atoms with van der Waals surface area (Å²) < 4.78 is 5.83. The van der Waals surface area contributed by atoms with E-state index in [9.17, 15) is 4.79 Å². The van der Waals surface area contributed by atoms with Gasteiger partial charge in [-0.25, -0.2) is 0 Å². The lowest BCUT2D eigenvalue weighted by molar-refractivity contribution is -0.137. The van der Waals surface area contributed by atoms with Gasteiger partial charge in [0.05, 0.1) is 12.1 Å². The standard InChI is InChI=1S/C25H25NO2/c1-18(20-12-6-3-7-13-20)26(19(2)21-14-8-4-9-15-21)25(27)24-23(28-24)22-16-10-5-11-17-22/h3-19,23-24H,1-2H3/t18-,19-,23+,24-/m0/s1. The van der Waals surface area contributed by atoms with Crippen LogP contribution in [0.4, 0.5) is 0 Å². The van der Waals surface area contributed by atoms with Crippen LogP contribution in [0, 0.1) is 0 Å². The highest BCUT2D eigenvalue weighted by Gasteiger charge is 2.49. The Balaban J connectivity index is 1.62.